The molecule has 8 aromatic carbocycles. The van der Waals surface area contributed by atoms with Crippen molar-refractivity contribution in [2.75, 3.05) is 14.7 Å². The van der Waals surface area contributed by atoms with Crippen LogP contribution in [0.25, 0.3) is 44.5 Å². The van der Waals surface area contributed by atoms with E-state index in [1.807, 2.05) is 0 Å². The second-order valence-electron chi connectivity index (χ2n) is 15.5. The predicted octanol–water partition coefficient (Wildman–Crippen LogP) is 13.0. The summed E-state index contributed by atoms with van der Waals surface area (Å²) in [6.45, 7) is 0. The first-order chi connectivity index (χ1) is 26.9. The molecule has 0 aromatic heterocycles. The van der Waals surface area contributed by atoms with E-state index in [0.717, 1.165) is 0 Å². The lowest BCUT2D eigenvalue weighted by Crippen LogP contribution is -2.40. The Bertz CT molecular complexity index is 2610. The molecule has 0 aliphatic carbocycles. The van der Waals surface area contributed by atoms with E-state index in [2.05, 4.69) is 185 Å². The van der Waals surface area contributed by atoms with Crippen LogP contribution in [0.4, 0.5) is 34.1 Å². The van der Waals surface area contributed by atoms with E-state index in [1.165, 1.54) is 112 Å². The van der Waals surface area contributed by atoms with Crippen LogP contribution in [0.5, 0.6) is 0 Å². The molecule has 3 heteroatoms. The van der Waals surface area contributed by atoms with Crippen LogP contribution < -0.4 is 14.7 Å². The molecule has 0 fully saturated rings. The van der Waals surface area contributed by atoms with Crippen molar-refractivity contribution in [3.05, 3.63) is 203 Å². The SMILES string of the molecule is c1ccc2c(c1)-c1ccccc1N1c3cccc4c3-c3c(cccc3C3c5cccc6c5-c5c(cccc5N43)N3c4ccccc4-c4ccccc4C63)C21. The lowest BCUT2D eigenvalue weighted by Gasteiger charge is -2.53. The summed E-state index contributed by atoms with van der Waals surface area (Å²) < 4.78 is 0. The number of para-hydroxylation sites is 2. The van der Waals surface area contributed by atoms with E-state index in [1.54, 1.807) is 0 Å². The van der Waals surface area contributed by atoms with Gasteiger partial charge in [-0.2, -0.15) is 0 Å². The zero-order valence-corrected chi connectivity index (χ0v) is 29.2. The van der Waals surface area contributed by atoms with E-state index >= 15 is 0 Å². The van der Waals surface area contributed by atoms with Gasteiger partial charge in [-0.1, -0.05) is 133 Å². The van der Waals surface area contributed by atoms with Crippen molar-refractivity contribution < 1.29 is 0 Å². The van der Waals surface area contributed by atoms with Crippen molar-refractivity contribution in [2.45, 2.75) is 18.1 Å². The maximum absolute atomic E-state index is 2.68. The van der Waals surface area contributed by atoms with Crippen molar-refractivity contribution in [3.8, 4) is 44.5 Å². The molecule has 6 aliphatic heterocycles. The van der Waals surface area contributed by atoms with Gasteiger partial charge in [0.25, 0.3) is 0 Å². The molecule has 0 radical (unpaired) electrons. The van der Waals surface area contributed by atoms with Gasteiger partial charge >= 0.3 is 0 Å². The van der Waals surface area contributed by atoms with Gasteiger partial charge in [-0.25, -0.2) is 0 Å². The molecule has 54 heavy (non-hydrogen) atoms. The summed E-state index contributed by atoms with van der Waals surface area (Å²) in [6, 6.07) is 64.7. The summed E-state index contributed by atoms with van der Waals surface area (Å²) in [5.41, 5.74) is 26.7. The minimum atomic E-state index is 0.0377. The Morgan fingerprint density at radius 2 is 0.500 bits per heavy atom. The summed E-state index contributed by atoms with van der Waals surface area (Å²) in [6.07, 6.45) is 0. The fourth-order valence-electron chi connectivity index (χ4n) is 11.4. The largest absolute Gasteiger partial charge is 0.329 e. The van der Waals surface area contributed by atoms with E-state index < -0.39 is 0 Å². The first kappa shape index (κ1) is 27.8. The van der Waals surface area contributed by atoms with Crippen molar-refractivity contribution in [3.63, 3.8) is 0 Å². The number of hydrogen-bond acceptors (Lipinski definition) is 3. The standard InChI is InChI=1S/C51H31N3/c1-3-17-33-29(13-1)31-15-5-7-23-39(31)52-41-25-11-27-43-47(41)45-35(49(33)52)19-9-21-37(45)51-38-22-10-20-36-46(38)48-42(26-12-28-44(48)54(43)51)53-40-24-8-6-16-32(40)30-14-2-4-18-34(30)50(36)53/h1-28,49-51H. The van der Waals surface area contributed by atoms with Crippen LogP contribution >= 0.6 is 0 Å². The highest BCUT2D eigenvalue weighted by Gasteiger charge is 2.50. The number of rotatable bonds is 0. The van der Waals surface area contributed by atoms with Crippen LogP contribution in [-0.2, 0) is 0 Å². The minimum Gasteiger partial charge on any atom is -0.329 e. The molecule has 0 saturated carbocycles. The summed E-state index contributed by atoms with van der Waals surface area (Å²) >= 11 is 0. The van der Waals surface area contributed by atoms with Crippen LogP contribution in [0.15, 0.2) is 170 Å². The van der Waals surface area contributed by atoms with Crippen LogP contribution in [0.1, 0.15) is 51.5 Å². The fourth-order valence-corrected chi connectivity index (χ4v) is 11.4. The van der Waals surface area contributed by atoms with Gasteiger partial charge in [0.05, 0.1) is 40.9 Å². The Balaban J connectivity index is 1.09. The Morgan fingerprint density at radius 3 is 0.926 bits per heavy atom. The smallest absolute Gasteiger partial charge is 0.0857 e. The Morgan fingerprint density at radius 1 is 0.222 bits per heavy atom. The number of anilines is 6. The average Bonchev–Trinajstić information content (AvgIpc) is 3.24. The lowest BCUT2D eigenvalue weighted by atomic mass is 9.69. The molecule has 2 atom stereocenters. The molecule has 0 saturated heterocycles. The zero-order chi connectivity index (χ0) is 34.8. The molecule has 0 spiro atoms. The quantitative estimate of drug-likeness (QED) is 0.157. The number of benzene rings is 8. The number of fused-ring (bicyclic) bond motifs is 21. The maximum atomic E-state index is 2.68. The van der Waals surface area contributed by atoms with Gasteiger partial charge in [0.1, 0.15) is 0 Å². The van der Waals surface area contributed by atoms with Gasteiger partial charge < -0.3 is 14.7 Å². The molecule has 0 N–H and O–H groups in total. The van der Waals surface area contributed by atoms with Crippen molar-refractivity contribution in [2.24, 2.45) is 0 Å². The molecule has 0 bridgehead atoms. The van der Waals surface area contributed by atoms with E-state index in [9.17, 15) is 0 Å². The molecule has 3 nitrogen and oxygen atoms in total. The van der Waals surface area contributed by atoms with Gasteiger partial charge in [0.15, 0.2) is 0 Å². The third-order valence-electron chi connectivity index (χ3n) is 13.2. The molecule has 14 rings (SSSR count). The van der Waals surface area contributed by atoms with Gasteiger partial charge in [-0.3, -0.25) is 0 Å². The van der Waals surface area contributed by atoms with Gasteiger partial charge in [0.2, 0.25) is 0 Å². The van der Waals surface area contributed by atoms with Crippen molar-refractivity contribution in [1.82, 2.24) is 0 Å². The number of nitrogens with zero attached hydrogens (tertiary/aromatic N) is 3. The van der Waals surface area contributed by atoms with E-state index in [0.29, 0.717) is 0 Å². The Hall–Kier alpha value is -6.84. The van der Waals surface area contributed by atoms with Crippen molar-refractivity contribution in [1.29, 1.82) is 0 Å². The zero-order valence-electron chi connectivity index (χ0n) is 29.2. The molecule has 8 aromatic rings. The summed E-state index contributed by atoms with van der Waals surface area (Å²) in [5.74, 6) is 0. The molecule has 6 aliphatic rings. The van der Waals surface area contributed by atoms with Crippen LogP contribution in [0.2, 0.25) is 0 Å². The summed E-state index contributed by atoms with van der Waals surface area (Å²) in [4.78, 5) is 7.95. The molecule has 2 unspecified atom stereocenters. The Labute approximate surface area is 313 Å². The molecule has 250 valence electrons. The van der Waals surface area contributed by atoms with Gasteiger partial charge in [-0.15, -0.1) is 0 Å². The maximum Gasteiger partial charge on any atom is 0.0857 e. The highest BCUT2D eigenvalue weighted by molar-refractivity contribution is 6.10. The molecular weight excluding hydrogens is 655 g/mol. The third kappa shape index (κ3) is 3.08. The fraction of sp³-hybridized carbons (Fsp3) is 0.0588. The molecular formula is C51H31N3. The molecule has 6 heterocycles. The summed E-state index contributed by atoms with van der Waals surface area (Å²) in [7, 11) is 0. The van der Waals surface area contributed by atoms with Crippen LogP contribution in [0.3, 0.4) is 0 Å². The van der Waals surface area contributed by atoms with Gasteiger partial charge in [0, 0.05) is 33.6 Å². The van der Waals surface area contributed by atoms with Crippen LogP contribution in [-0.4, -0.2) is 0 Å². The van der Waals surface area contributed by atoms with Gasteiger partial charge in [-0.05, 0) is 92.0 Å². The summed E-state index contributed by atoms with van der Waals surface area (Å²) in [5, 5.41) is 0. The van der Waals surface area contributed by atoms with E-state index in [4.69, 9.17) is 0 Å². The van der Waals surface area contributed by atoms with Crippen LogP contribution in [0, 0.1) is 0 Å². The predicted molar refractivity (Wildman–Crippen MR) is 219 cm³/mol. The normalized spacial score (nSPS) is 18.8. The lowest BCUT2D eigenvalue weighted by molar-refractivity contribution is 0.748. The van der Waals surface area contributed by atoms with E-state index in [-0.39, 0.29) is 18.1 Å². The molecule has 0 amide bonds. The highest BCUT2D eigenvalue weighted by Crippen LogP contribution is 2.68. The number of hydrogen-bond donors (Lipinski definition) is 0. The monoisotopic (exact) mass is 685 g/mol. The second-order valence-corrected chi connectivity index (χ2v) is 15.5. The minimum absolute atomic E-state index is 0.0377. The average molecular weight is 686 g/mol. The first-order valence-electron chi connectivity index (χ1n) is 19.1. The van der Waals surface area contributed by atoms with Crippen molar-refractivity contribution >= 4 is 34.1 Å². The topological polar surface area (TPSA) is 9.72 Å². The third-order valence-corrected chi connectivity index (χ3v) is 13.2. The first-order valence-corrected chi connectivity index (χ1v) is 19.1. The highest BCUT2D eigenvalue weighted by atomic mass is 15.2. The Kier molecular flexibility index (Phi) is 4.92. The second kappa shape index (κ2) is 9.57.